The molecule has 3 aromatic rings. The summed E-state index contributed by atoms with van der Waals surface area (Å²) in [7, 11) is -6.40. The second-order valence-corrected chi connectivity index (χ2v) is 25.2. The Hall–Kier alpha value is -3.59. The second kappa shape index (κ2) is 15.4. The smallest absolute Gasteiger partial charge is 0.407 e. The molecule has 0 bridgehead atoms. The van der Waals surface area contributed by atoms with Gasteiger partial charge >= 0.3 is 6.09 Å². The number of fused-ring (bicyclic) bond motifs is 1. The zero-order chi connectivity index (χ0) is 40.9. The zero-order valence-corrected chi connectivity index (χ0v) is 36.1. The number of hydrogen-bond acceptors (Lipinski definition) is 7. The summed E-state index contributed by atoms with van der Waals surface area (Å²) in [5, 5.41) is 5.99. The molecule has 55 heavy (non-hydrogen) atoms. The van der Waals surface area contributed by atoms with Crippen LogP contribution in [0.5, 0.6) is 0 Å². The number of halogens is 1. The van der Waals surface area contributed by atoms with Crippen LogP contribution in [0.2, 0.25) is 18.1 Å². The van der Waals surface area contributed by atoms with Crippen LogP contribution in [0, 0.1) is 18.2 Å². The normalized spacial score (nSPS) is 17.4. The van der Waals surface area contributed by atoms with Crippen LogP contribution >= 0.6 is 0 Å². The molecule has 2 amide bonds. The van der Waals surface area contributed by atoms with Crippen molar-refractivity contribution in [2.75, 3.05) is 19.7 Å². The lowest BCUT2D eigenvalue weighted by Gasteiger charge is -2.39. The first kappa shape index (κ1) is 42.5. The van der Waals surface area contributed by atoms with Crippen molar-refractivity contribution in [3.8, 4) is 11.1 Å². The maximum atomic E-state index is 15.4. The van der Waals surface area contributed by atoms with Gasteiger partial charge in [0.25, 0.3) is 11.5 Å². The molecule has 14 heteroatoms. The zero-order valence-electron chi connectivity index (χ0n) is 34.3. The van der Waals surface area contributed by atoms with E-state index in [0.717, 1.165) is 12.8 Å². The molecule has 0 unspecified atom stereocenters. The van der Waals surface area contributed by atoms with Crippen molar-refractivity contribution >= 4 is 41.1 Å². The minimum absolute atomic E-state index is 0.0196. The minimum atomic E-state index is -4.27. The summed E-state index contributed by atoms with van der Waals surface area (Å²) >= 11 is 0. The van der Waals surface area contributed by atoms with Gasteiger partial charge in [-0.1, -0.05) is 40.7 Å². The third-order valence-electron chi connectivity index (χ3n) is 10.9. The second-order valence-electron chi connectivity index (χ2n) is 18.6. The van der Waals surface area contributed by atoms with Gasteiger partial charge in [-0.2, -0.15) is 4.31 Å². The Morgan fingerprint density at radius 3 is 2.27 bits per heavy atom. The molecular formula is C41H59FN4O7SSi. The van der Waals surface area contributed by atoms with E-state index >= 15 is 4.39 Å². The van der Waals surface area contributed by atoms with Crippen LogP contribution in [-0.4, -0.2) is 75.0 Å². The Balaban J connectivity index is 1.61. The number of amides is 2. The highest BCUT2D eigenvalue weighted by molar-refractivity contribution is 7.89. The van der Waals surface area contributed by atoms with Crippen LogP contribution < -0.4 is 16.2 Å². The van der Waals surface area contributed by atoms with Gasteiger partial charge in [0.15, 0.2) is 8.32 Å². The molecule has 1 aliphatic heterocycles. The number of carbonyl (C=O) groups is 2. The number of nitrogens with one attached hydrogen (secondary N) is 2. The first-order valence-corrected chi connectivity index (χ1v) is 23.6. The fourth-order valence-electron chi connectivity index (χ4n) is 6.53. The number of ether oxygens (including phenoxy) is 1. The Bertz CT molecular complexity index is 2130. The van der Waals surface area contributed by atoms with Gasteiger partial charge in [-0.25, -0.2) is 17.6 Å². The molecule has 2 fully saturated rings. The van der Waals surface area contributed by atoms with E-state index in [1.54, 1.807) is 52.0 Å². The molecule has 1 saturated carbocycles. The first-order valence-electron chi connectivity index (χ1n) is 19.2. The number of carbonyl (C=O) groups excluding carboxylic acids is 2. The highest BCUT2D eigenvalue weighted by Crippen LogP contribution is 2.38. The van der Waals surface area contributed by atoms with E-state index in [9.17, 15) is 22.8 Å². The average molecular weight is 799 g/mol. The molecule has 0 spiro atoms. The number of alkyl carbamates (subject to hydrolysis) is 1. The Labute approximate surface area is 326 Å². The molecule has 5 rings (SSSR count). The van der Waals surface area contributed by atoms with Gasteiger partial charge in [0.05, 0.1) is 0 Å². The third kappa shape index (κ3) is 9.87. The fourth-order valence-corrected chi connectivity index (χ4v) is 9.61. The van der Waals surface area contributed by atoms with Crippen molar-refractivity contribution in [1.29, 1.82) is 0 Å². The van der Waals surface area contributed by atoms with E-state index < -0.39 is 47.3 Å². The van der Waals surface area contributed by atoms with Crippen LogP contribution in [0.4, 0.5) is 9.18 Å². The maximum absolute atomic E-state index is 15.4. The number of rotatable bonds is 12. The number of benzene rings is 2. The highest BCUT2D eigenvalue weighted by Gasteiger charge is 2.40. The predicted octanol–water partition coefficient (Wildman–Crippen LogP) is 7.73. The van der Waals surface area contributed by atoms with Gasteiger partial charge < -0.3 is 24.4 Å². The lowest BCUT2D eigenvalue weighted by molar-refractivity contribution is 0.0519. The molecule has 302 valence electrons. The number of hydrogen-bond donors (Lipinski definition) is 2. The largest absolute Gasteiger partial charge is 0.444 e. The van der Waals surface area contributed by atoms with E-state index in [-0.39, 0.29) is 69.0 Å². The topological polar surface area (TPSA) is 136 Å². The predicted molar refractivity (Wildman–Crippen MR) is 217 cm³/mol. The molecule has 1 atom stereocenters. The van der Waals surface area contributed by atoms with Crippen molar-refractivity contribution in [2.24, 2.45) is 5.41 Å². The number of sulfonamides is 1. The van der Waals surface area contributed by atoms with E-state index in [0.29, 0.717) is 30.6 Å². The van der Waals surface area contributed by atoms with Gasteiger partial charge in [-0.15, -0.1) is 0 Å². The standard InChI is InChI=1S/C41H59FN4O7SSi/c1-26-32(20-28(21-34(26)42)36(47)44-29-15-16-29)27-14-17-31-33(19-27)35(23-45(37(31)48)24-41(8,9)25-52-55(10,11)40(5,6)7)54(50,51)46-18-12-13-30(46)22-43-38(49)53-39(2,3)4/h14,17,19-21,23,29-30H,12-13,15-16,18,22,24-25H2,1-11H3,(H,43,49)(H,44,47)/t30-/m1/s1. The number of pyridine rings is 1. The van der Waals surface area contributed by atoms with Gasteiger partial charge in [-0.3, -0.25) is 9.59 Å². The molecule has 2 aromatic carbocycles. The van der Waals surface area contributed by atoms with Crippen LogP contribution in [0.25, 0.3) is 21.9 Å². The summed E-state index contributed by atoms with van der Waals surface area (Å²) in [6, 6.07) is 7.20. The summed E-state index contributed by atoms with van der Waals surface area (Å²) in [5.41, 5.74) is -0.306. The SMILES string of the molecule is Cc1c(F)cc(C(=O)NC2CC2)cc1-c1ccc2c(=O)n(CC(C)(C)CO[Si](C)(C)C(C)(C)C)cc(S(=O)(=O)N3CCC[C@@H]3CNC(=O)OC(C)(C)C)c2c1. The molecule has 11 nitrogen and oxygen atoms in total. The number of aromatic nitrogens is 1. The van der Waals surface area contributed by atoms with Gasteiger partial charge in [0, 0.05) is 66.3 Å². The molecule has 0 radical (unpaired) electrons. The van der Waals surface area contributed by atoms with E-state index in [2.05, 4.69) is 44.5 Å². The lowest BCUT2D eigenvalue weighted by Crippen LogP contribution is -2.45. The average Bonchev–Trinajstić information content (AvgIpc) is 3.75. The molecule has 2 aliphatic rings. The lowest BCUT2D eigenvalue weighted by atomic mass is 9.94. The summed E-state index contributed by atoms with van der Waals surface area (Å²) in [6.07, 6.45) is 3.63. The third-order valence-corrected chi connectivity index (χ3v) is 17.4. The maximum Gasteiger partial charge on any atom is 0.407 e. The molecule has 1 aromatic heterocycles. The molecule has 1 aliphatic carbocycles. The number of nitrogens with zero attached hydrogens (tertiary/aromatic N) is 2. The van der Waals surface area contributed by atoms with Crippen molar-refractivity contribution in [1.82, 2.24) is 19.5 Å². The molecular weight excluding hydrogens is 740 g/mol. The van der Waals surface area contributed by atoms with Crippen molar-refractivity contribution in [3.63, 3.8) is 0 Å². The minimum Gasteiger partial charge on any atom is -0.444 e. The quantitative estimate of drug-likeness (QED) is 0.179. The van der Waals surface area contributed by atoms with Crippen LogP contribution in [-0.2, 0) is 25.7 Å². The fraction of sp³-hybridized carbons (Fsp3) is 0.585. The molecule has 1 saturated heterocycles. The van der Waals surface area contributed by atoms with Crippen LogP contribution in [0.3, 0.4) is 0 Å². The van der Waals surface area contributed by atoms with Crippen LogP contribution in [0.1, 0.15) is 97.0 Å². The van der Waals surface area contributed by atoms with E-state index in [4.69, 9.17) is 9.16 Å². The van der Waals surface area contributed by atoms with Gasteiger partial charge in [0.2, 0.25) is 10.0 Å². The Kier molecular flexibility index (Phi) is 11.9. The van der Waals surface area contributed by atoms with Crippen LogP contribution in [0.15, 0.2) is 46.2 Å². The summed E-state index contributed by atoms with van der Waals surface area (Å²) in [4.78, 5) is 39.7. The van der Waals surface area contributed by atoms with E-state index in [1.807, 2.05) is 13.8 Å². The Morgan fingerprint density at radius 2 is 1.65 bits per heavy atom. The summed E-state index contributed by atoms with van der Waals surface area (Å²) in [6.45, 7) is 22.5. The summed E-state index contributed by atoms with van der Waals surface area (Å²) in [5.74, 6) is -0.948. The first-order chi connectivity index (χ1) is 25.3. The van der Waals surface area contributed by atoms with Gasteiger partial charge in [-0.05, 0) is 112 Å². The summed E-state index contributed by atoms with van der Waals surface area (Å²) < 4.78 is 60.0. The molecule has 2 N–H and O–H groups in total. The van der Waals surface area contributed by atoms with E-state index in [1.165, 1.54) is 21.1 Å². The highest BCUT2D eigenvalue weighted by atomic mass is 32.2. The molecule has 2 heterocycles. The van der Waals surface area contributed by atoms with Crippen molar-refractivity contribution in [3.05, 3.63) is 63.8 Å². The van der Waals surface area contributed by atoms with Crippen molar-refractivity contribution in [2.45, 2.75) is 135 Å². The van der Waals surface area contributed by atoms with Gasteiger partial charge in [0.1, 0.15) is 16.3 Å². The Morgan fingerprint density at radius 1 is 0.982 bits per heavy atom. The monoisotopic (exact) mass is 798 g/mol. The van der Waals surface area contributed by atoms with Crippen molar-refractivity contribution < 1.29 is 31.6 Å².